The first-order valence-electron chi connectivity index (χ1n) is 15.6. The average Bonchev–Trinajstić information content (AvgIpc) is 3.28. The quantitative estimate of drug-likeness (QED) is 0.0864. The van der Waals surface area contributed by atoms with Crippen LogP contribution >= 0.6 is 11.3 Å². The van der Waals surface area contributed by atoms with Gasteiger partial charge in [-0.25, -0.2) is 4.98 Å². The number of carbonyl (C=O) groups is 1. The van der Waals surface area contributed by atoms with Gasteiger partial charge in [-0.3, -0.25) is 4.79 Å². The van der Waals surface area contributed by atoms with Gasteiger partial charge < -0.3 is 19.7 Å². The highest BCUT2D eigenvalue weighted by Gasteiger charge is 2.44. The highest BCUT2D eigenvalue weighted by Crippen LogP contribution is 2.39. The highest BCUT2D eigenvalue weighted by molar-refractivity contribution is 7.09. The summed E-state index contributed by atoms with van der Waals surface area (Å²) in [6, 6.07) is 0. The Morgan fingerprint density at radius 3 is 2.24 bits per heavy atom. The molecule has 6 atom stereocenters. The van der Waals surface area contributed by atoms with Crippen molar-refractivity contribution in [2.45, 2.75) is 150 Å². The number of thiazole rings is 1. The molecular formula is C34H61NO5SSi. The lowest BCUT2D eigenvalue weighted by Crippen LogP contribution is -2.48. The Bertz CT molecular complexity index is 1040. The molecule has 1 heterocycles. The van der Waals surface area contributed by atoms with Gasteiger partial charge in [0.15, 0.2) is 8.32 Å². The maximum atomic E-state index is 13.7. The predicted molar refractivity (Wildman–Crippen MR) is 179 cm³/mol. The lowest BCUT2D eigenvalue weighted by atomic mass is 9.71. The van der Waals surface area contributed by atoms with Gasteiger partial charge in [-0.2, -0.15) is 0 Å². The number of nitrogens with zero attached hydrogens (tertiary/aromatic N) is 1. The van der Waals surface area contributed by atoms with E-state index in [4.69, 9.17) is 4.43 Å². The van der Waals surface area contributed by atoms with Crippen LogP contribution in [0.1, 0.15) is 117 Å². The molecule has 0 fully saturated rings. The van der Waals surface area contributed by atoms with Crippen LogP contribution < -0.4 is 0 Å². The number of hydrogen-bond acceptors (Lipinski definition) is 7. The molecule has 242 valence electrons. The zero-order chi connectivity index (χ0) is 32.6. The molecule has 1 unspecified atom stereocenters. The van der Waals surface area contributed by atoms with Crippen LogP contribution in [0.4, 0.5) is 0 Å². The Morgan fingerprint density at radius 2 is 1.76 bits per heavy atom. The number of Topliss-reactive ketones (excluding diaryl/α,β-unsaturated/α-hetero) is 1. The number of aryl methyl sites for hydroxylation is 1. The molecule has 0 spiro atoms. The van der Waals surface area contributed by atoms with Crippen molar-refractivity contribution >= 4 is 25.4 Å². The number of aliphatic hydroxyl groups is 3. The van der Waals surface area contributed by atoms with Gasteiger partial charge in [0, 0.05) is 29.1 Å². The number of allylic oxidation sites excluding steroid dienone is 3. The van der Waals surface area contributed by atoms with Crippen molar-refractivity contribution in [2.24, 2.45) is 17.3 Å². The number of carbonyl (C=O) groups excluding carboxylic acids is 1. The monoisotopic (exact) mass is 623 g/mol. The molecule has 0 aliphatic heterocycles. The first kappa shape index (κ1) is 38.9. The minimum absolute atomic E-state index is 0.0484. The Labute approximate surface area is 261 Å². The summed E-state index contributed by atoms with van der Waals surface area (Å²) in [4.78, 5) is 18.3. The molecule has 42 heavy (non-hydrogen) atoms. The fraction of sp³-hybridized carbons (Fsp3) is 0.765. The molecule has 0 aliphatic rings. The molecule has 1 aromatic rings. The van der Waals surface area contributed by atoms with Crippen LogP contribution in [0.25, 0.3) is 0 Å². The van der Waals surface area contributed by atoms with E-state index in [1.54, 1.807) is 25.2 Å². The third-order valence-electron chi connectivity index (χ3n) is 9.42. The van der Waals surface area contributed by atoms with Gasteiger partial charge in [-0.15, -0.1) is 11.3 Å². The van der Waals surface area contributed by atoms with Gasteiger partial charge in [0.25, 0.3) is 0 Å². The van der Waals surface area contributed by atoms with E-state index >= 15 is 0 Å². The van der Waals surface area contributed by atoms with Crippen molar-refractivity contribution in [3.8, 4) is 0 Å². The summed E-state index contributed by atoms with van der Waals surface area (Å²) in [7, 11) is -2.23. The van der Waals surface area contributed by atoms with Crippen LogP contribution in [0.15, 0.2) is 29.2 Å². The van der Waals surface area contributed by atoms with Crippen molar-refractivity contribution in [3.63, 3.8) is 0 Å². The molecule has 3 N–H and O–H groups in total. The van der Waals surface area contributed by atoms with Crippen molar-refractivity contribution in [1.29, 1.82) is 0 Å². The molecule has 0 amide bonds. The third kappa shape index (κ3) is 11.1. The van der Waals surface area contributed by atoms with Crippen LogP contribution in [-0.4, -0.2) is 52.9 Å². The third-order valence-corrected chi connectivity index (χ3v) is 14.7. The normalized spacial score (nSPS) is 17.8. The molecular weight excluding hydrogens is 563 g/mol. The molecule has 0 saturated carbocycles. The molecule has 0 bridgehead atoms. The van der Waals surface area contributed by atoms with Gasteiger partial charge in [0.1, 0.15) is 12.1 Å². The van der Waals surface area contributed by atoms with E-state index in [1.807, 2.05) is 33.9 Å². The second-order valence-corrected chi connectivity index (χ2v) is 20.3. The summed E-state index contributed by atoms with van der Waals surface area (Å²) < 4.78 is 6.01. The number of hydrogen-bond donors (Lipinski definition) is 3. The molecule has 0 saturated heterocycles. The maximum absolute atomic E-state index is 13.7. The van der Waals surface area contributed by atoms with Gasteiger partial charge in [0.2, 0.25) is 0 Å². The number of ketones is 1. The molecule has 1 aromatic heterocycles. The average molecular weight is 624 g/mol. The van der Waals surface area contributed by atoms with E-state index in [0.29, 0.717) is 6.42 Å². The molecule has 8 heteroatoms. The van der Waals surface area contributed by atoms with Crippen molar-refractivity contribution in [3.05, 3.63) is 39.9 Å². The predicted octanol–water partition coefficient (Wildman–Crippen LogP) is 8.33. The Morgan fingerprint density at radius 1 is 1.17 bits per heavy atom. The van der Waals surface area contributed by atoms with Crippen LogP contribution in [0.2, 0.25) is 18.1 Å². The van der Waals surface area contributed by atoms with Crippen molar-refractivity contribution in [2.75, 3.05) is 0 Å². The molecule has 0 radical (unpaired) electrons. The van der Waals surface area contributed by atoms with Crippen LogP contribution in [0.5, 0.6) is 0 Å². The van der Waals surface area contributed by atoms with Crippen molar-refractivity contribution < 1.29 is 24.5 Å². The van der Waals surface area contributed by atoms with Gasteiger partial charge in [-0.1, -0.05) is 72.3 Å². The Hall–Kier alpha value is -1.16. The van der Waals surface area contributed by atoms with Crippen LogP contribution in [0.3, 0.4) is 0 Å². The topological polar surface area (TPSA) is 99.9 Å². The van der Waals surface area contributed by atoms with Crippen LogP contribution in [0, 0.1) is 24.2 Å². The highest BCUT2D eigenvalue weighted by atomic mass is 32.1. The second kappa shape index (κ2) is 16.2. The molecule has 1 rings (SSSR count). The number of aliphatic hydroxyl groups excluding tert-OH is 3. The second-order valence-electron chi connectivity index (χ2n) is 14.5. The Kier molecular flexibility index (Phi) is 15.0. The molecule has 0 aliphatic carbocycles. The van der Waals surface area contributed by atoms with E-state index in [1.165, 1.54) is 5.57 Å². The van der Waals surface area contributed by atoms with E-state index in [0.717, 1.165) is 42.0 Å². The lowest BCUT2D eigenvalue weighted by molar-refractivity contribution is -0.146. The number of aromatic nitrogens is 1. The number of rotatable bonds is 18. The first-order chi connectivity index (χ1) is 19.1. The van der Waals surface area contributed by atoms with Gasteiger partial charge >= 0.3 is 0 Å². The van der Waals surface area contributed by atoms with E-state index in [9.17, 15) is 20.1 Å². The van der Waals surface area contributed by atoms with E-state index in [-0.39, 0.29) is 29.1 Å². The summed E-state index contributed by atoms with van der Waals surface area (Å²) >= 11 is 1.67. The minimum atomic E-state index is -2.23. The molecule has 0 aromatic carbocycles. The Balaban J connectivity index is 2.74. The summed E-state index contributed by atoms with van der Waals surface area (Å²) in [6.07, 6.45) is 3.20. The lowest BCUT2D eigenvalue weighted by Gasteiger charge is -2.40. The minimum Gasteiger partial charge on any atom is -0.392 e. The fourth-order valence-electron chi connectivity index (χ4n) is 5.08. The largest absolute Gasteiger partial charge is 0.392 e. The van der Waals surface area contributed by atoms with Crippen LogP contribution in [-0.2, 0) is 9.22 Å². The standard InChI is InChI=1S/C34H61NO5SSi/c1-14-26(32(39)34(10,11)29(36)20-30(37)40-42(12,13)33(7,8)9)31(38)24(5)17-15-16-23(4)18-19-27(22(2)3)28-21-41-25(6)35-28/h18,21,24,26-27,29-31,36-38H,2,14-17,19-20H2,1,3-13H3/t24-,26+,27-,29-,30?,31-/m0/s1. The molecule has 6 nitrogen and oxygen atoms in total. The first-order valence-corrected chi connectivity index (χ1v) is 19.4. The van der Waals surface area contributed by atoms with Crippen molar-refractivity contribution in [1.82, 2.24) is 4.98 Å². The smallest absolute Gasteiger partial charge is 0.195 e. The van der Waals surface area contributed by atoms with Gasteiger partial charge in [-0.05, 0) is 76.9 Å². The fourth-order valence-corrected chi connectivity index (χ4v) is 6.88. The summed E-state index contributed by atoms with van der Waals surface area (Å²) in [5, 5.41) is 36.0. The summed E-state index contributed by atoms with van der Waals surface area (Å²) in [6.45, 7) is 28.1. The van der Waals surface area contributed by atoms with E-state index in [2.05, 4.69) is 57.6 Å². The zero-order valence-corrected chi connectivity index (χ0v) is 30.4. The SMILES string of the molecule is C=C(C)[C@H](CC=C(C)CCC[C@H](C)[C@H](O)[C@@H](CC)C(=O)C(C)(C)[C@@H](O)CC(O)O[Si](C)(C)C(C)(C)C)c1csc(C)n1. The zero-order valence-electron chi connectivity index (χ0n) is 28.6. The van der Waals surface area contributed by atoms with Gasteiger partial charge in [0.05, 0.1) is 22.9 Å². The summed E-state index contributed by atoms with van der Waals surface area (Å²) in [5.41, 5.74) is 2.38. The summed E-state index contributed by atoms with van der Waals surface area (Å²) in [5.74, 6) is -0.595. The maximum Gasteiger partial charge on any atom is 0.195 e. The van der Waals surface area contributed by atoms with E-state index < -0.39 is 38.1 Å².